The summed E-state index contributed by atoms with van der Waals surface area (Å²) < 4.78 is 2.30. The average Bonchev–Trinajstić information content (AvgIpc) is 2.67. The summed E-state index contributed by atoms with van der Waals surface area (Å²) in [7, 11) is 0. The second-order valence-corrected chi connectivity index (χ2v) is 4.86. The zero-order valence-corrected chi connectivity index (χ0v) is 11.8. The van der Waals surface area contributed by atoms with Crippen LogP contribution < -0.4 is 0 Å². The van der Waals surface area contributed by atoms with Crippen LogP contribution in [0.2, 0.25) is 5.15 Å². The SMILES string of the molecule is CCc1nn(-c2ccc(Br)cc2)c(Cl)c1[N+](=O)[O-]. The van der Waals surface area contributed by atoms with E-state index in [1.54, 1.807) is 19.1 Å². The fourth-order valence-corrected chi connectivity index (χ4v) is 2.18. The van der Waals surface area contributed by atoms with Gasteiger partial charge in [0.05, 0.1) is 10.6 Å². The molecule has 2 rings (SSSR count). The number of halogens is 2. The minimum atomic E-state index is -0.497. The van der Waals surface area contributed by atoms with Gasteiger partial charge in [0, 0.05) is 4.47 Å². The summed E-state index contributed by atoms with van der Waals surface area (Å²) in [4.78, 5) is 10.5. The van der Waals surface area contributed by atoms with Crippen molar-refractivity contribution in [2.45, 2.75) is 13.3 Å². The monoisotopic (exact) mass is 329 g/mol. The molecule has 1 aromatic carbocycles. The maximum Gasteiger partial charge on any atom is 0.329 e. The summed E-state index contributed by atoms with van der Waals surface area (Å²) in [5.74, 6) is 0. The van der Waals surface area contributed by atoms with Crippen LogP contribution in [0.3, 0.4) is 0 Å². The van der Waals surface area contributed by atoms with Gasteiger partial charge in [-0.15, -0.1) is 0 Å². The molecule has 0 amide bonds. The molecule has 0 N–H and O–H groups in total. The van der Waals surface area contributed by atoms with E-state index in [4.69, 9.17) is 11.6 Å². The van der Waals surface area contributed by atoms with E-state index in [1.807, 2.05) is 12.1 Å². The third-order valence-electron chi connectivity index (χ3n) is 2.46. The number of aryl methyl sites for hydroxylation is 1. The highest BCUT2D eigenvalue weighted by Crippen LogP contribution is 2.31. The fourth-order valence-electron chi connectivity index (χ4n) is 1.60. The lowest BCUT2D eigenvalue weighted by molar-refractivity contribution is -0.385. The first-order valence-corrected chi connectivity index (χ1v) is 6.39. The highest BCUT2D eigenvalue weighted by molar-refractivity contribution is 9.10. The Kier molecular flexibility index (Phi) is 3.68. The molecule has 18 heavy (non-hydrogen) atoms. The van der Waals surface area contributed by atoms with Crippen LogP contribution in [0.4, 0.5) is 5.69 Å². The first-order valence-electron chi connectivity index (χ1n) is 5.22. The molecule has 0 bridgehead atoms. The average molecular weight is 331 g/mol. The lowest BCUT2D eigenvalue weighted by Gasteiger charge is -2.01. The third-order valence-corrected chi connectivity index (χ3v) is 3.33. The summed E-state index contributed by atoms with van der Waals surface area (Å²) in [6, 6.07) is 7.22. The number of hydrogen-bond acceptors (Lipinski definition) is 3. The van der Waals surface area contributed by atoms with Crippen LogP contribution in [0.1, 0.15) is 12.6 Å². The van der Waals surface area contributed by atoms with Crippen molar-refractivity contribution in [1.82, 2.24) is 9.78 Å². The van der Waals surface area contributed by atoms with Crippen LogP contribution in [-0.4, -0.2) is 14.7 Å². The molecule has 1 heterocycles. The van der Waals surface area contributed by atoms with E-state index >= 15 is 0 Å². The van der Waals surface area contributed by atoms with Crippen molar-refractivity contribution in [3.63, 3.8) is 0 Å². The molecule has 0 fully saturated rings. The topological polar surface area (TPSA) is 61.0 Å². The molecule has 5 nitrogen and oxygen atoms in total. The van der Waals surface area contributed by atoms with E-state index < -0.39 is 4.92 Å². The van der Waals surface area contributed by atoms with E-state index in [9.17, 15) is 10.1 Å². The van der Waals surface area contributed by atoms with Crippen molar-refractivity contribution in [2.24, 2.45) is 0 Å². The molecule has 94 valence electrons. The molecule has 0 atom stereocenters. The van der Waals surface area contributed by atoms with Crippen molar-refractivity contribution in [3.05, 3.63) is 49.7 Å². The number of nitro groups is 1. The number of hydrogen-bond donors (Lipinski definition) is 0. The maximum atomic E-state index is 11.0. The lowest BCUT2D eigenvalue weighted by Crippen LogP contribution is -1.96. The summed E-state index contributed by atoms with van der Waals surface area (Å²) in [5.41, 5.74) is 0.945. The first kappa shape index (κ1) is 13.0. The Morgan fingerprint density at radius 3 is 2.50 bits per heavy atom. The minimum absolute atomic E-state index is 0.0270. The third kappa shape index (κ3) is 2.26. The molecule has 0 aliphatic heterocycles. The van der Waals surface area contributed by atoms with Crippen molar-refractivity contribution < 1.29 is 4.92 Å². The van der Waals surface area contributed by atoms with Gasteiger partial charge >= 0.3 is 5.69 Å². The zero-order valence-electron chi connectivity index (χ0n) is 9.43. The van der Waals surface area contributed by atoms with Crippen molar-refractivity contribution in [1.29, 1.82) is 0 Å². The minimum Gasteiger partial charge on any atom is -0.258 e. The molecule has 7 heteroatoms. The fraction of sp³-hybridized carbons (Fsp3) is 0.182. The Balaban J connectivity index is 2.59. The van der Waals surface area contributed by atoms with E-state index in [0.717, 1.165) is 4.47 Å². The standard InChI is InChI=1S/C11H9BrClN3O2/c1-2-9-10(16(17)18)11(13)15(14-9)8-5-3-7(12)4-6-8/h3-6H,2H2,1H3. The summed E-state index contributed by atoms with van der Waals surface area (Å²) >= 11 is 9.35. The Hall–Kier alpha value is -1.40. The number of benzene rings is 1. The number of nitrogens with zero attached hydrogens (tertiary/aromatic N) is 3. The maximum absolute atomic E-state index is 11.0. The zero-order chi connectivity index (χ0) is 13.3. The van der Waals surface area contributed by atoms with E-state index in [2.05, 4.69) is 21.0 Å². The normalized spacial score (nSPS) is 10.6. The van der Waals surface area contributed by atoms with Gasteiger partial charge in [0.15, 0.2) is 0 Å². The van der Waals surface area contributed by atoms with E-state index in [-0.39, 0.29) is 10.8 Å². The predicted octanol–water partition coefficient (Wildman–Crippen LogP) is 3.76. The van der Waals surface area contributed by atoms with Crippen LogP contribution in [0.25, 0.3) is 5.69 Å². The van der Waals surface area contributed by atoms with E-state index in [1.165, 1.54) is 4.68 Å². The lowest BCUT2D eigenvalue weighted by atomic mass is 10.3. The first-order chi connectivity index (χ1) is 8.54. The molecular formula is C11H9BrClN3O2. The van der Waals surface area contributed by atoms with Gasteiger partial charge in [-0.2, -0.15) is 5.10 Å². The molecule has 0 unspecified atom stereocenters. The smallest absolute Gasteiger partial charge is 0.258 e. The number of rotatable bonds is 3. The molecule has 2 aromatic rings. The van der Waals surface area contributed by atoms with Crippen LogP contribution >= 0.6 is 27.5 Å². The Morgan fingerprint density at radius 2 is 2.06 bits per heavy atom. The van der Waals surface area contributed by atoms with Gasteiger partial charge in [-0.05, 0) is 30.7 Å². The van der Waals surface area contributed by atoms with Gasteiger partial charge in [-0.1, -0.05) is 34.5 Å². The van der Waals surface area contributed by atoms with Crippen LogP contribution in [0.5, 0.6) is 0 Å². The molecule has 1 aromatic heterocycles. The Labute approximate surface area is 117 Å². The molecule has 0 saturated heterocycles. The van der Waals surface area contributed by atoms with Crippen LogP contribution in [-0.2, 0) is 6.42 Å². The van der Waals surface area contributed by atoms with Gasteiger partial charge in [0.2, 0.25) is 5.15 Å². The van der Waals surface area contributed by atoms with E-state index in [0.29, 0.717) is 17.8 Å². The van der Waals surface area contributed by atoms with Crippen molar-refractivity contribution >= 4 is 33.2 Å². The largest absolute Gasteiger partial charge is 0.329 e. The molecule has 0 radical (unpaired) electrons. The summed E-state index contributed by atoms with van der Waals surface area (Å²) in [6.07, 6.45) is 0.458. The summed E-state index contributed by atoms with van der Waals surface area (Å²) in [5, 5.41) is 15.2. The molecule has 0 spiro atoms. The van der Waals surface area contributed by atoms with Gasteiger partial charge in [-0.3, -0.25) is 10.1 Å². The summed E-state index contributed by atoms with van der Waals surface area (Å²) in [6.45, 7) is 1.80. The van der Waals surface area contributed by atoms with Gasteiger partial charge in [0.25, 0.3) is 0 Å². The second-order valence-electron chi connectivity index (χ2n) is 3.58. The highest BCUT2D eigenvalue weighted by atomic mass is 79.9. The van der Waals surface area contributed by atoms with Gasteiger partial charge in [-0.25, -0.2) is 4.68 Å². The Bertz CT molecular complexity index is 595. The molecule has 0 aliphatic rings. The quantitative estimate of drug-likeness (QED) is 0.636. The predicted molar refractivity (Wildman–Crippen MR) is 72.3 cm³/mol. The van der Waals surface area contributed by atoms with Crippen LogP contribution in [0, 0.1) is 10.1 Å². The molecule has 0 aliphatic carbocycles. The second kappa shape index (κ2) is 5.07. The van der Waals surface area contributed by atoms with Gasteiger partial charge < -0.3 is 0 Å². The molecule has 0 saturated carbocycles. The molecular weight excluding hydrogens is 321 g/mol. The van der Waals surface area contributed by atoms with Gasteiger partial charge in [0.1, 0.15) is 5.69 Å². The van der Waals surface area contributed by atoms with Crippen LogP contribution in [0.15, 0.2) is 28.7 Å². The Morgan fingerprint density at radius 1 is 1.44 bits per heavy atom. The van der Waals surface area contributed by atoms with Crippen molar-refractivity contribution in [2.75, 3.05) is 0 Å². The number of aromatic nitrogens is 2. The van der Waals surface area contributed by atoms with Crippen molar-refractivity contribution in [3.8, 4) is 5.69 Å². The highest BCUT2D eigenvalue weighted by Gasteiger charge is 2.25.